The van der Waals surface area contributed by atoms with Crippen LogP contribution in [0.3, 0.4) is 0 Å². The number of benzene rings is 1. The topological polar surface area (TPSA) is 6.48 Å². The van der Waals surface area contributed by atoms with Crippen molar-refractivity contribution in [3.63, 3.8) is 0 Å². The van der Waals surface area contributed by atoms with Gasteiger partial charge in [-0.25, -0.2) is 0 Å². The lowest BCUT2D eigenvalue weighted by atomic mass is 9.90. The average Bonchev–Trinajstić information content (AvgIpc) is 2.38. The zero-order chi connectivity index (χ0) is 11.8. The van der Waals surface area contributed by atoms with E-state index in [-0.39, 0.29) is 0 Å². The Hall–Kier alpha value is -1.02. The van der Waals surface area contributed by atoms with Gasteiger partial charge in [-0.1, -0.05) is 25.1 Å². The molecule has 92 valence electrons. The molecule has 1 aromatic rings. The summed E-state index contributed by atoms with van der Waals surface area (Å²) in [5.41, 5.74) is 4.71. The molecule has 17 heavy (non-hydrogen) atoms. The third kappa shape index (κ3) is 1.85. The van der Waals surface area contributed by atoms with Gasteiger partial charge in [-0.15, -0.1) is 0 Å². The van der Waals surface area contributed by atoms with Crippen molar-refractivity contribution in [1.29, 1.82) is 0 Å². The second-order valence-corrected chi connectivity index (χ2v) is 5.41. The molecule has 0 fully saturated rings. The van der Waals surface area contributed by atoms with Crippen molar-refractivity contribution in [2.45, 2.75) is 32.2 Å². The largest absolute Gasteiger partial charge is 0.369 e. The van der Waals surface area contributed by atoms with E-state index in [9.17, 15) is 0 Å². The first-order valence-electron chi connectivity index (χ1n) is 6.85. The molecule has 3 rings (SSSR count). The van der Waals surface area contributed by atoms with Gasteiger partial charge in [-0.2, -0.15) is 0 Å². The summed E-state index contributed by atoms with van der Waals surface area (Å²) in [6, 6.07) is 7.58. The Labute approximate surface area is 104 Å². The maximum atomic E-state index is 2.62. The van der Waals surface area contributed by atoms with Crippen LogP contribution in [-0.2, 0) is 12.8 Å². The van der Waals surface area contributed by atoms with Gasteiger partial charge in [0.15, 0.2) is 0 Å². The summed E-state index contributed by atoms with van der Waals surface area (Å²) >= 11 is 0. The van der Waals surface area contributed by atoms with E-state index in [1.807, 2.05) is 0 Å². The van der Waals surface area contributed by atoms with Crippen molar-refractivity contribution in [1.82, 2.24) is 4.90 Å². The molecular formula is C15H22N2. The lowest BCUT2D eigenvalue weighted by molar-refractivity contribution is 0.247. The summed E-state index contributed by atoms with van der Waals surface area (Å²) in [5, 5.41) is 0. The number of hydrogen-bond donors (Lipinski definition) is 0. The third-order valence-electron chi connectivity index (χ3n) is 4.40. The maximum Gasteiger partial charge on any atom is 0.0432 e. The summed E-state index contributed by atoms with van der Waals surface area (Å²) in [4.78, 5) is 5.11. The highest BCUT2D eigenvalue weighted by Crippen LogP contribution is 2.35. The Bertz CT molecular complexity index is 413. The predicted molar refractivity (Wildman–Crippen MR) is 72.8 cm³/mol. The van der Waals surface area contributed by atoms with E-state index in [0.29, 0.717) is 6.04 Å². The first kappa shape index (κ1) is 11.1. The molecule has 0 saturated carbocycles. The summed E-state index contributed by atoms with van der Waals surface area (Å²) in [5.74, 6) is 0. The normalized spacial score (nSPS) is 22.8. The third-order valence-corrected chi connectivity index (χ3v) is 4.40. The second kappa shape index (κ2) is 4.34. The van der Waals surface area contributed by atoms with Crippen LogP contribution in [0.4, 0.5) is 5.69 Å². The fourth-order valence-corrected chi connectivity index (χ4v) is 3.30. The Balaban J connectivity index is 1.96. The predicted octanol–water partition coefficient (Wildman–Crippen LogP) is 2.32. The number of likely N-dealkylation sites (N-methyl/N-ethyl adjacent to an activating group) is 1. The molecule has 0 aromatic heterocycles. The zero-order valence-corrected chi connectivity index (χ0v) is 10.9. The van der Waals surface area contributed by atoms with Crippen LogP contribution in [0.25, 0.3) is 0 Å². The number of nitrogens with zero attached hydrogens (tertiary/aromatic N) is 2. The first-order valence-corrected chi connectivity index (χ1v) is 6.85. The molecular weight excluding hydrogens is 208 g/mol. The Morgan fingerprint density at radius 1 is 1.35 bits per heavy atom. The fourth-order valence-electron chi connectivity index (χ4n) is 3.30. The van der Waals surface area contributed by atoms with Crippen LogP contribution in [0.2, 0.25) is 0 Å². The molecule has 2 nitrogen and oxygen atoms in total. The van der Waals surface area contributed by atoms with E-state index in [2.05, 4.69) is 42.0 Å². The summed E-state index contributed by atoms with van der Waals surface area (Å²) in [7, 11) is 2.25. The van der Waals surface area contributed by atoms with Crippen molar-refractivity contribution in [3.8, 4) is 0 Å². The van der Waals surface area contributed by atoms with E-state index in [1.54, 1.807) is 16.8 Å². The van der Waals surface area contributed by atoms with Gasteiger partial charge in [-0.3, -0.25) is 0 Å². The summed E-state index contributed by atoms with van der Waals surface area (Å²) < 4.78 is 0. The average molecular weight is 230 g/mol. The van der Waals surface area contributed by atoms with Crippen molar-refractivity contribution < 1.29 is 0 Å². The number of para-hydroxylation sites is 1. The highest BCUT2D eigenvalue weighted by molar-refractivity contribution is 5.63. The number of aryl methyl sites for hydroxylation is 1. The monoisotopic (exact) mass is 230 g/mol. The quantitative estimate of drug-likeness (QED) is 0.769. The lowest BCUT2D eigenvalue weighted by Gasteiger charge is -2.43. The molecule has 2 heterocycles. The van der Waals surface area contributed by atoms with Gasteiger partial charge < -0.3 is 9.80 Å². The molecule has 0 aliphatic carbocycles. The molecule has 0 spiro atoms. The van der Waals surface area contributed by atoms with Crippen LogP contribution in [0.1, 0.15) is 24.5 Å². The molecule has 0 N–H and O–H groups in total. The van der Waals surface area contributed by atoms with Crippen LogP contribution in [-0.4, -0.2) is 37.6 Å². The van der Waals surface area contributed by atoms with Crippen molar-refractivity contribution in [3.05, 3.63) is 29.3 Å². The SMILES string of the molecule is CCN(C)C1Cc2cccc3c2N(CCC3)C1. The van der Waals surface area contributed by atoms with E-state index < -0.39 is 0 Å². The van der Waals surface area contributed by atoms with Crippen LogP contribution in [0, 0.1) is 0 Å². The van der Waals surface area contributed by atoms with Crippen LogP contribution < -0.4 is 4.90 Å². The molecule has 1 aromatic carbocycles. The number of anilines is 1. The second-order valence-electron chi connectivity index (χ2n) is 5.41. The smallest absolute Gasteiger partial charge is 0.0432 e. The van der Waals surface area contributed by atoms with Gasteiger partial charge in [0.25, 0.3) is 0 Å². The summed E-state index contributed by atoms with van der Waals surface area (Å²) in [6.07, 6.45) is 3.82. The van der Waals surface area contributed by atoms with Crippen LogP contribution >= 0.6 is 0 Å². The van der Waals surface area contributed by atoms with Gasteiger partial charge in [0.1, 0.15) is 0 Å². The van der Waals surface area contributed by atoms with Crippen molar-refractivity contribution in [2.75, 3.05) is 31.6 Å². The Kier molecular flexibility index (Phi) is 2.83. The van der Waals surface area contributed by atoms with Gasteiger partial charge in [0.2, 0.25) is 0 Å². The highest BCUT2D eigenvalue weighted by atomic mass is 15.2. The van der Waals surface area contributed by atoms with E-state index >= 15 is 0 Å². The number of rotatable bonds is 2. The highest BCUT2D eigenvalue weighted by Gasteiger charge is 2.29. The molecule has 0 radical (unpaired) electrons. The lowest BCUT2D eigenvalue weighted by Crippen LogP contribution is -2.48. The Morgan fingerprint density at radius 3 is 3.00 bits per heavy atom. The minimum absolute atomic E-state index is 0.695. The van der Waals surface area contributed by atoms with E-state index in [4.69, 9.17) is 0 Å². The molecule has 2 aliphatic rings. The fraction of sp³-hybridized carbons (Fsp3) is 0.600. The standard InChI is InChI=1S/C15H22N2/c1-3-16(2)14-10-13-7-4-6-12-8-5-9-17(11-14)15(12)13/h4,6-7,14H,3,5,8-11H2,1-2H3. The first-order chi connectivity index (χ1) is 8.29. The molecule has 0 amide bonds. The van der Waals surface area contributed by atoms with Gasteiger partial charge >= 0.3 is 0 Å². The molecule has 2 aliphatic heterocycles. The summed E-state index contributed by atoms with van der Waals surface area (Å²) in [6.45, 7) is 5.86. The molecule has 2 heteroatoms. The van der Waals surface area contributed by atoms with E-state index in [1.165, 1.54) is 32.4 Å². The molecule has 1 unspecified atom stereocenters. The maximum absolute atomic E-state index is 2.62. The van der Waals surface area contributed by atoms with Crippen LogP contribution in [0.5, 0.6) is 0 Å². The van der Waals surface area contributed by atoms with Crippen molar-refractivity contribution in [2.24, 2.45) is 0 Å². The minimum atomic E-state index is 0.695. The van der Waals surface area contributed by atoms with Crippen molar-refractivity contribution >= 4 is 5.69 Å². The molecule has 0 bridgehead atoms. The zero-order valence-electron chi connectivity index (χ0n) is 10.9. The van der Waals surface area contributed by atoms with Gasteiger partial charge in [-0.05, 0) is 44.0 Å². The van der Waals surface area contributed by atoms with Gasteiger partial charge in [0.05, 0.1) is 0 Å². The Morgan fingerprint density at radius 2 is 2.18 bits per heavy atom. The molecule has 1 atom stereocenters. The van der Waals surface area contributed by atoms with Crippen LogP contribution in [0.15, 0.2) is 18.2 Å². The van der Waals surface area contributed by atoms with Gasteiger partial charge in [0, 0.05) is 24.8 Å². The molecule has 0 saturated heterocycles. The van der Waals surface area contributed by atoms with E-state index in [0.717, 1.165) is 6.54 Å². The minimum Gasteiger partial charge on any atom is -0.369 e. The number of hydrogen-bond acceptors (Lipinski definition) is 2.